The minimum absolute atomic E-state index is 0.127. The molecular formula is C16H29N3O4S. The van der Waals surface area contributed by atoms with Gasteiger partial charge < -0.3 is 9.64 Å². The number of likely N-dealkylation sites (tertiary alicyclic amines) is 1. The van der Waals surface area contributed by atoms with Crippen molar-refractivity contribution in [3.05, 3.63) is 0 Å². The zero-order valence-corrected chi connectivity index (χ0v) is 15.3. The van der Waals surface area contributed by atoms with Crippen LogP contribution in [-0.2, 0) is 19.6 Å². The Balaban J connectivity index is 1.43. The summed E-state index contributed by atoms with van der Waals surface area (Å²) in [6, 6.07) is -0.132. The van der Waals surface area contributed by atoms with E-state index in [0.717, 1.165) is 38.8 Å². The van der Waals surface area contributed by atoms with Crippen LogP contribution in [-0.4, -0.2) is 81.4 Å². The van der Waals surface area contributed by atoms with Crippen molar-refractivity contribution < 1.29 is 17.9 Å². The van der Waals surface area contributed by atoms with Gasteiger partial charge in [0.1, 0.15) is 5.25 Å². The SMILES string of the molecule is CC(CN1CCOCC1)NS(=O)(=O)C1CN(C(=O)C2CCCC2)C1. The molecule has 7 nitrogen and oxygen atoms in total. The summed E-state index contributed by atoms with van der Waals surface area (Å²) in [7, 11) is -3.37. The molecule has 3 rings (SSSR count). The van der Waals surface area contributed by atoms with Gasteiger partial charge in [-0.1, -0.05) is 12.8 Å². The van der Waals surface area contributed by atoms with E-state index in [1.165, 1.54) is 0 Å². The highest BCUT2D eigenvalue weighted by molar-refractivity contribution is 7.90. The molecule has 138 valence electrons. The predicted molar refractivity (Wildman–Crippen MR) is 91.1 cm³/mol. The highest BCUT2D eigenvalue weighted by atomic mass is 32.2. The first-order chi connectivity index (χ1) is 11.5. The summed E-state index contributed by atoms with van der Waals surface area (Å²) < 4.78 is 33.0. The van der Waals surface area contributed by atoms with Crippen LogP contribution < -0.4 is 4.72 Å². The Labute approximate surface area is 144 Å². The third-order valence-electron chi connectivity index (χ3n) is 5.30. The molecular weight excluding hydrogens is 330 g/mol. The van der Waals surface area contributed by atoms with Crippen LogP contribution in [0.25, 0.3) is 0 Å². The average Bonchev–Trinajstić information content (AvgIpc) is 2.99. The van der Waals surface area contributed by atoms with Gasteiger partial charge in [0.25, 0.3) is 0 Å². The third kappa shape index (κ3) is 4.28. The second-order valence-electron chi connectivity index (χ2n) is 7.32. The van der Waals surface area contributed by atoms with E-state index in [2.05, 4.69) is 9.62 Å². The van der Waals surface area contributed by atoms with E-state index >= 15 is 0 Å². The molecule has 0 aromatic rings. The molecule has 0 aromatic heterocycles. The van der Waals surface area contributed by atoms with Crippen LogP contribution in [0.4, 0.5) is 0 Å². The molecule has 2 saturated heterocycles. The molecule has 0 spiro atoms. The Morgan fingerprint density at radius 2 is 1.83 bits per heavy atom. The van der Waals surface area contributed by atoms with Crippen molar-refractivity contribution in [2.75, 3.05) is 45.9 Å². The summed E-state index contributed by atoms with van der Waals surface area (Å²) in [4.78, 5) is 16.2. The van der Waals surface area contributed by atoms with Crippen LogP contribution in [0, 0.1) is 5.92 Å². The predicted octanol–water partition coefficient (Wildman–Crippen LogP) is 0.0275. The maximum Gasteiger partial charge on any atom is 0.225 e. The fraction of sp³-hybridized carbons (Fsp3) is 0.938. The maximum atomic E-state index is 12.5. The van der Waals surface area contributed by atoms with Crippen molar-refractivity contribution >= 4 is 15.9 Å². The summed E-state index contributed by atoms with van der Waals surface area (Å²) in [6.07, 6.45) is 4.16. The summed E-state index contributed by atoms with van der Waals surface area (Å²) in [5.41, 5.74) is 0. The van der Waals surface area contributed by atoms with Gasteiger partial charge in [0.05, 0.1) is 13.2 Å². The number of hydrogen-bond acceptors (Lipinski definition) is 5. The summed E-state index contributed by atoms with van der Waals surface area (Å²) in [5, 5.41) is -0.463. The number of morpholine rings is 1. The van der Waals surface area contributed by atoms with Gasteiger partial charge in [-0.05, 0) is 19.8 Å². The van der Waals surface area contributed by atoms with Gasteiger partial charge >= 0.3 is 0 Å². The molecule has 24 heavy (non-hydrogen) atoms. The molecule has 0 radical (unpaired) electrons. The van der Waals surface area contributed by atoms with Crippen molar-refractivity contribution in [2.24, 2.45) is 5.92 Å². The first-order valence-electron chi connectivity index (χ1n) is 9.06. The normalized spacial score (nSPS) is 25.6. The largest absolute Gasteiger partial charge is 0.379 e. The minimum atomic E-state index is -3.37. The van der Waals surface area contributed by atoms with Gasteiger partial charge in [-0.3, -0.25) is 9.69 Å². The van der Waals surface area contributed by atoms with Crippen molar-refractivity contribution in [1.29, 1.82) is 0 Å². The molecule has 8 heteroatoms. The van der Waals surface area contributed by atoms with Gasteiger partial charge in [0, 0.05) is 44.7 Å². The van der Waals surface area contributed by atoms with Gasteiger partial charge in [0.2, 0.25) is 15.9 Å². The quantitative estimate of drug-likeness (QED) is 0.724. The van der Waals surface area contributed by atoms with Crippen molar-refractivity contribution in [2.45, 2.75) is 43.9 Å². The fourth-order valence-electron chi connectivity index (χ4n) is 3.83. The number of carbonyl (C=O) groups is 1. The average molecular weight is 359 g/mol. The number of sulfonamides is 1. The molecule has 3 fully saturated rings. The molecule has 1 amide bonds. The summed E-state index contributed by atoms with van der Waals surface area (Å²) in [5.74, 6) is 0.280. The Hall–Kier alpha value is -0.700. The Kier molecular flexibility index (Phi) is 5.79. The van der Waals surface area contributed by atoms with Gasteiger partial charge in [-0.25, -0.2) is 13.1 Å². The van der Waals surface area contributed by atoms with Crippen molar-refractivity contribution in [3.8, 4) is 0 Å². The highest BCUT2D eigenvalue weighted by Gasteiger charge is 2.42. The number of hydrogen-bond donors (Lipinski definition) is 1. The highest BCUT2D eigenvalue weighted by Crippen LogP contribution is 2.29. The zero-order valence-electron chi connectivity index (χ0n) is 14.4. The molecule has 3 aliphatic rings. The number of rotatable bonds is 6. The fourth-order valence-corrected chi connectivity index (χ4v) is 5.41. The van der Waals surface area contributed by atoms with E-state index in [-0.39, 0.29) is 17.9 Å². The summed E-state index contributed by atoms with van der Waals surface area (Å²) in [6.45, 7) is 6.38. The number of nitrogens with zero attached hydrogens (tertiary/aromatic N) is 2. The van der Waals surface area contributed by atoms with Gasteiger partial charge in [0.15, 0.2) is 0 Å². The maximum absolute atomic E-state index is 12.5. The smallest absolute Gasteiger partial charge is 0.225 e. The van der Waals surface area contributed by atoms with E-state index in [0.29, 0.717) is 32.8 Å². The van der Waals surface area contributed by atoms with Crippen LogP contribution in [0.3, 0.4) is 0 Å². The van der Waals surface area contributed by atoms with Crippen LogP contribution >= 0.6 is 0 Å². The lowest BCUT2D eigenvalue weighted by Gasteiger charge is -2.40. The first kappa shape index (κ1) is 18.1. The minimum Gasteiger partial charge on any atom is -0.379 e. The lowest BCUT2D eigenvalue weighted by atomic mass is 10.0. The molecule has 2 heterocycles. The van der Waals surface area contributed by atoms with Crippen LogP contribution in [0.2, 0.25) is 0 Å². The van der Waals surface area contributed by atoms with Crippen molar-refractivity contribution in [1.82, 2.24) is 14.5 Å². The first-order valence-corrected chi connectivity index (χ1v) is 10.6. The van der Waals surface area contributed by atoms with E-state index < -0.39 is 15.3 Å². The van der Waals surface area contributed by atoms with Gasteiger partial charge in [-0.2, -0.15) is 0 Å². The van der Waals surface area contributed by atoms with E-state index in [4.69, 9.17) is 4.74 Å². The second-order valence-corrected chi connectivity index (χ2v) is 9.32. The zero-order chi connectivity index (χ0) is 17.2. The number of ether oxygens (including phenoxy) is 1. The number of nitrogens with one attached hydrogen (secondary N) is 1. The topological polar surface area (TPSA) is 79.0 Å². The monoisotopic (exact) mass is 359 g/mol. The molecule has 0 bridgehead atoms. The van der Waals surface area contributed by atoms with E-state index in [9.17, 15) is 13.2 Å². The van der Waals surface area contributed by atoms with Crippen LogP contribution in [0.5, 0.6) is 0 Å². The molecule has 1 atom stereocenters. The molecule has 0 aromatic carbocycles. The molecule has 2 aliphatic heterocycles. The summed E-state index contributed by atoms with van der Waals surface area (Å²) >= 11 is 0. The lowest BCUT2D eigenvalue weighted by Crippen LogP contribution is -2.61. The number of amides is 1. The van der Waals surface area contributed by atoms with E-state index in [1.807, 2.05) is 6.92 Å². The Morgan fingerprint density at radius 1 is 1.21 bits per heavy atom. The molecule has 1 unspecified atom stereocenters. The Bertz CT molecular complexity index is 536. The molecule has 1 saturated carbocycles. The van der Waals surface area contributed by atoms with E-state index in [1.54, 1.807) is 4.90 Å². The van der Waals surface area contributed by atoms with Gasteiger partial charge in [-0.15, -0.1) is 0 Å². The molecule has 1 N–H and O–H groups in total. The second kappa shape index (κ2) is 7.68. The standard InChI is InChI=1S/C16H29N3O4S/c1-13(10-18-6-8-23-9-7-18)17-24(21,22)15-11-19(12-15)16(20)14-4-2-3-5-14/h13-15,17H,2-12H2,1H3. The van der Waals surface area contributed by atoms with Crippen molar-refractivity contribution in [3.63, 3.8) is 0 Å². The van der Waals surface area contributed by atoms with Crippen LogP contribution in [0.1, 0.15) is 32.6 Å². The Morgan fingerprint density at radius 3 is 2.46 bits per heavy atom. The third-order valence-corrected chi connectivity index (χ3v) is 7.21. The lowest BCUT2D eigenvalue weighted by molar-refractivity contribution is -0.138. The van der Waals surface area contributed by atoms with Crippen LogP contribution in [0.15, 0.2) is 0 Å². The number of carbonyl (C=O) groups excluding carboxylic acids is 1. The molecule has 1 aliphatic carbocycles.